The van der Waals surface area contributed by atoms with Crippen LogP contribution in [0.3, 0.4) is 0 Å². The molecule has 0 amide bonds. The number of nitrogens with zero attached hydrogens (tertiary/aromatic N) is 1. The van der Waals surface area contributed by atoms with Crippen molar-refractivity contribution in [1.82, 2.24) is 0 Å². The summed E-state index contributed by atoms with van der Waals surface area (Å²) in [5.41, 5.74) is 4.57. The largest absolute Gasteiger partial charge is 0.511 e. The third kappa shape index (κ3) is 2.33. The summed E-state index contributed by atoms with van der Waals surface area (Å²) in [6.07, 6.45) is 1.95. The van der Waals surface area contributed by atoms with Crippen LogP contribution in [0.5, 0.6) is 0 Å². The van der Waals surface area contributed by atoms with Gasteiger partial charge in [0, 0.05) is 19.7 Å². The number of Topliss-reactive ketones (excluding diaryl/α,β-unsaturated/α-hetero) is 1. The molecule has 0 aromatic heterocycles. The molecule has 1 aromatic rings. The van der Waals surface area contributed by atoms with E-state index < -0.39 is 0 Å². The minimum Gasteiger partial charge on any atom is -0.511 e. The third-order valence-electron chi connectivity index (χ3n) is 3.55. The van der Waals surface area contributed by atoms with Crippen LogP contribution in [-0.4, -0.2) is 24.2 Å². The molecule has 1 unspecified atom stereocenters. The van der Waals surface area contributed by atoms with Gasteiger partial charge in [-0.2, -0.15) is 0 Å². The van der Waals surface area contributed by atoms with Crippen molar-refractivity contribution < 1.29 is 9.90 Å². The van der Waals surface area contributed by atoms with Crippen LogP contribution in [0.1, 0.15) is 28.7 Å². The van der Waals surface area contributed by atoms with E-state index in [-0.39, 0.29) is 17.5 Å². The number of aryl methyl sites for hydroxylation is 3. The molecule has 0 saturated carbocycles. The van der Waals surface area contributed by atoms with E-state index in [0.717, 1.165) is 22.3 Å². The number of aliphatic imine (C=N–C) groups is 1. The van der Waals surface area contributed by atoms with E-state index in [2.05, 4.69) is 4.99 Å². The van der Waals surface area contributed by atoms with Crippen LogP contribution in [-0.2, 0) is 4.79 Å². The van der Waals surface area contributed by atoms with Crippen molar-refractivity contribution in [1.29, 1.82) is 0 Å². The Hall–Kier alpha value is -1.90. The van der Waals surface area contributed by atoms with E-state index in [1.54, 1.807) is 13.3 Å². The Morgan fingerprint density at radius 1 is 1.26 bits per heavy atom. The van der Waals surface area contributed by atoms with Crippen molar-refractivity contribution in [2.75, 3.05) is 7.05 Å². The Bertz CT molecular complexity index is 574. The second kappa shape index (κ2) is 5.00. The van der Waals surface area contributed by atoms with Crippen LogP contribution >= 0.6 is 0 Å². The average molecular weight is 257 g/mol. The first-order valence-corrected chi connectivity index (χ1v) is 6.42. The number of ketones is 1. The molecule has 0 aliphatic heterocycles. The first kappa shape index (κ1) is 13.5. The van der Waals surface area contributed by atoms with Gasteiger partial charge >= 0.3 is 0 Å². The number of allylic oxidation sites excluding steroid dienone is 2. The van der Waals surface area contributed by atoms with Gasteiger partial charge in [-0.05, 0) is 37.5 Å². The minimum absolute atomic E-state index is 0.00236. The second-order valence-electron chi connectivity index (χ2n) is 5.18. The molecule has 2 rings (SSSR count). The van der Waals surface area contributed by atoms with Gasteiger partial charge in [-0.25, -0.2) is 0 Å². The summed E-state index contributed by atoms with van der Waals surface area (Å²) in [7, 11) is 1.65. The molecule has 3 heteroatoms. The minimum atomic E-state index is -0.271. The molecule has 3 nitrogen and oxygen atoms in total. The SMILES string of the molecule is CN=CC1CC(=O)C(c2c(C)cc(C)cc2C)=C1O. The van der Waals surface area contributed by atoms with Gasteiger partial charge < -0.3 is 10.1 Å². The molecule has 0 fully saturated rings. The van der Waals surface area contributed by atoms with Crippen molar-refractivity contribution >= 4 is 17.6 Å². The van der Waals surface area contributed by atoms with Crippen LogP contribution in [0.2, 0.25) is 0 Å². The lowest BCUT2D eigenvalue weighted by Crippen LogP contribution is -2.02. The fourth-order valence-corrected chi connectivity index (χ4v) is 2.87. The van der Waals surface area contributed by atoms with Gasteiger partial charge in [-0.3, -0.25) is 4.79 Å². The lowest BCUT2D eigenvalue weighted by Gasteiger charge is -2.12. The van der Waals surface area contributed by atoms with Crippen molar-refractivity contribution in [2.24, 2.45) is 10.9 Å². The predicted octanol–water partition coefficient (Wildman–Crippen LogP) is 3.17. The van der Waals surface area contributed by atoms with E-state index >= 15 is 0 Å². The zero-order valence-corrected chi connectivity index (χ0v) is 11.8. The molecule has 1 aromatic carbocycles. The monoisotopic (exact) mass is 257 g/mol. The van der Waals surface area contributed by atoms with Gasteiger partial charge in [0.2, 0.25) is 0 Å². The number of aliphatic hydroxyl groups is 1. The van der Waals surface area contributed by atoms with Gasteiger partial charge in [0.05, 0.1) is 11.5 Å². The molecule has 0 saturated heterocycles. The summed E-state index contributed by atoms with van der Waals surface area (Å²) in [5.74, 6) is -0.115. The fraction of sp³-hybridized carbons (Fsp3) is 0.375. The molecular formula is C16H19NO2. The molecule has 0 bridgehead atoms. The maximum absolute atomic E-state index is 12.2. The quantitative estimate of drug-likeness (QED) is 0.827. The summed E-state index contributed by atoms with van der Waals surface area (Å²) in [6.45, 7) is 5.98. The molecule has 1 aliphatic rings. The molecule has 19 heavy (non-hydrogen) atoms. The highest BCUT2D eigenvalue weighted by atomic mass is 16.3. The van der Waals surface area contributed by atoms with Crippen LogP contribution < -0.4 is 0 Å². The molecule has 1 aliphatic carbocycles. The van der Waals surface area contributed by atoms with Gasteiger partial charge in [0.1, 0.15) is 5.76 Å². The molecule has 0 radical (unpaired) electrons. The Balaban J connectivity index is 2.61. The molecular weight excluding hydrogens is 238 g/mol. The van der Waals surface area contributed by atoms with Crippen LogP contribution in [0, 0.1) is 26.7 Å². The van der Waals surface area contributed by atoms with Crippen LogP contribution in [0.4, 0.5) is 0 Å². The maximum atomic E-state index is 12.2. The van der Waals surface area contributed by atoms with Crippen molar-refractivity contribution in [2.45, 2.75) is 27.2 Å². The fourth-order valence-electron chi connectivity index (χ4n) is 2.87. The van der Waals surface area contributed by atoms with Gasteiger partial charge in [0.15, 0.2) is 5.78 Å². The summed E-state index contributed by atoms with van der Waals surface area (Å²) in [6, 6.07) is 4.08. The van der Waals surface area contributed by atoms with Gasteiger partial charge in [0.25, 0.3) is 0 Å². The number of benzene rings is 1. The number of rotatable bonds is 2. The molecule has 0 spiro atoms. The normalized spacial score (nSPS) is 19.8. The van der Waals surface area contributed by atoms with E-state index in [1.807, 2.05) is 32.9 Å². The van der Waals surface area contributed by atoms with Crippen LogP contribution in [0.25, 0.3) is 5.57 Å². The smallest absolute Gasteiger partial charge is 0.167 e. The van der Waals surface area contributed by atoms with E-state index in [4.69, 9.17) is 0 Å². The zero-order valence-electron chi connectivity index (χ0n) is 11.8. The Morgan fingerprint density at radius 2 is 1.84 bits per heavy atom. The number of aliphatic hydroxyl groups excluding tert-OH is 1. The third-order valence-corrected chi connectivity index (χ3v) is 3.55. The van der Waals surface area contributed by atoms with E-state index in [1.165, 1.54) is 0 Å². The van der Waals surface area contributed by atoms with Crippen LogP contribution in [0.15, 0.2) is 22.9 Å². The number of carbonyl (C=O) groups excluding carboxylic acids is 1. The highest BCUT2D eigenvalue weighted by Gasteiger charge is 2.33. The van der Waals surface area contributed by atoms with Gasteiger partial charge in [-0.1, -0.05) is 17.7 Å². The number of hydrogen-bond acceptors (Lipinski definition) is 3. The lowest BCUT2D eigenvalue weighted by molar-refractivity contribution is -0.113. The van der Waals surface area contributed by atoms with Crippen molar-refractivity contribution in [3.8, 4) is 0 Å². The maximum Gasteiger partial charge on any atom is 0.167 e. The van der Waals surface area contributed by atoms with E-state index in [0.29, 0.717) is 12.0 Å². The highest BCUT2D eigenvalue weighted by molar-refractivity contribution is 6.25. The van der Waals surface area contributed by atoms with Crippen molar-refractivity contribution in [3.05, 3.63) is 40.1 Å². The van der Waals surface area contributed by atoms with Crippen molar-refractivity contribution in [3.63, 3.8) is 0 Å². The second-order valence-corrected chi connectivity index (χ2v) is 5.18. The summed E-state index contributed by atoms with van der Waals surface area (Å²) in [4.78, 5) is 16.1. The molecule has 0 heterocycles. The average Bonchev–Trinajstić information content (AvgIpc) is 2.56. The standard InChI is InChI=1S/C16H19NO2/c1-9-5-10(2)14(11(3)6-9)15-13(18)7-12(8-17-4)16(15)19/h5-6,8,12,19H,7H2,1-4H3. The predicted molar refractivity (Wildman–Crippen MR) is 77.7 cm³/mol. The van der Waals surface area contributed by atoms with Gasteiger partial charge in [-0.15, -0.1) is 0 Å². The Morgan fingerprint density at radius 3 is 2.37 bits per heavy atom. The topological polar surface area (TPSA) is 49.7 Å². The Kier molecular flexibility index (Phi) is 3.56. The molecule has 1 atom stereocenters. The summed E-state index contributed by atoms with van der Waals surface area (Å²) >= 11 is 0. The van der Waals surface area contributed by atoms with E-state index in [9.17, 15) is 9.90 Å². The summed E-state index contributed by atoms with van der Waals surface area (Å²) in [5, 5.41) is 10.3. The first-order chi connectivity index (χ1) is 8.95. The number of hydrogen-bond donors (Lipinski definition) is 1. The molecule has 100 valence electrons. The zero-order chi connectivity index (χ0) is 14.2. The lowest BCUT2D eigenvalue weighted by atomic mass is 9.92. The summed E-state index contributed by atoms with van der Waals surface area (Å²) < 4.78 is 0. The number of carbonyl (C=O) groups is 1. The first-order valence-electron chi connectivity index (χ1n) is 6.42. The Labute approximate surface area is 113 Å². The molecule has 1 N–H and O–H groups in total. The highest BCUT2D eigenvalue weighted by Crippen LogP contribution is 2.36.